The molecule has 0 unspecified atom stereocenters. The molecule has 0 atom stereocenters. The van der Waals surface area contributed by atoms with Crippen LogP contribution in [0.4, 0.5) is 20.3 Å². The van der Waals surface area contributed by atoms with Gasteiger partial charge >= 0.3 is 0 Å². The maximum absolute atomic E-state index is 13.4. The van der Waals surface area contributed by atoms with Gasteiger partial charge in [-0.05, 0) is 52.7 Å². The number of pyridine rings is 1. The van der Waals surface area contributed by atoms with Gasteiger partial charge in [0.1, 0.15) is 11.6 Å². The molecule has 17 heavy (non-hydrogen) atoms. The topological polar surface area (TPSA) is 24.9 Å². The zero-order valence-electron chi connectivity index (χ0n) is 8.97. The molecule has 2 rings (SSSR count). The number of hydrogen-bond acceptors (Lipinski definition) is 2. The molecule has 1 aromatic carbocycles. The van der Waals surface area contributed by atoms with Gasteiger partial charge in [0.05, 0.1) is 4.47 Å². The molecular weight excluding hydrogens is 290 g/mol. The van der Waals surface area contributed by atoms with E-state index in [4.69, 9.17) is 0 Å². The Kier molecular flexibility index (Phi) is 3.38. The van der Waals surface area contributed by atoms with Crippen molar-refractivity contribution in [1.82, 2.24) is 4.98 Å². The van der Waals surface area contributed by atoms with E-state index in [0.29, 0.717) is 16.0 Å². The van der Waals surface area contributed by atoms with Crippen LogP contribution in [-0.4, -0.2) is 4.98 Å². The van der Waals surface area contributed by atoms with Crippen molar-refractivity contribution in [2.75, 3.05) is 5.32 Å². The summed E-state index contributed by atoms with van der Waals surface area (Å²) in [6.07, 6.45) is 0. The van der Waals surface area contributed by atoms with Gasteiger partial charge < -0.3 is 5.32 Å². The third kappa shape index (κ3) is 2.79. The Balaban J connectivity index is 2.33. The molecule has 0 fully saturated rings. The van der Waals surface area contributed by atoms with E-state index < -0.39 is 5.95 Å². The smallest absolute Gasteiger partial charge is 0.214 e. The van der Waals surface area contributed by atoms with Gasteiger partial charge in [0.25, 0.3) is 0 Å². The first kappa shape index (κ1) is 12.0. The van der Waals surface area contributed by atoms with Crippen molar-refractivity contribution in [1.29, 1.82) is 0 Å². The molecule has 1 N–H and O–H groups in total. The predicted molar refractivity (Wildman–Crippen MR) is 66.3 cm³/mol. The second-order valence-corrected chi connectivity index (χ2v) is 4.41. The summed E-state index contributed by atoms with van der Waals surface area (Å²) >= 11 is 3.10. The summed E-state index contributed by atoms with van der Waals surface area (Å²) in [5, 5.41) is 2.87. The van der Waals surface area contributed by atoms with E-state index in [2.05, 4.69) is 26.2 Å². The average Bonchev–Trinajstić information content (AvgIpc) is 2.26. The molecule has 2 nitrogen and oxygen atoms in total. The molecule has 1 heterocycles. The Morgan fingerprint density at radius 3 is 2.71 bits per heavy atom. The monoisotopic (exact) mass is 298 g/mol. The Labute approximate surface area is 106 Å². The van der Waals surface area contributed by atoms with Gasteiger partial charge in [-0.2, -0.15) is 4.39 Å². The van der Waals surface area contributed by atoms with Gasteiger partial charge in [0.15, 0.2) is 0 Å². The van der Waals surface area contributed by atoms with E-state index in [1.54, 1.807) is 12.1 Å². The number of halogens is 3. The summed E-state index contributed by atoms with van der Waals surface area (Å²) in [4.78, 5) is 3.65. The van der Waals surface area contributed by atoms with E-state index in [1.807, 2.05) is 6.92 Å². The fourth-order valence-corrected chi connectivity index (χ4v) is 1.85. The van der Waals surface area contributed by atoms with Crippen molar-refractivity contribution in [3.05, 3.63) is 52.1 Å². The molecule has 0 saturated carbocycles. The zero-order chi connectivity index (χ0) is 12.4. The van der Waals surface area contributed by atoms with Crippen LogP contribution in [0.25, 0.3) is 0 Å². The minimum Gasteiger partial charge on any atom is -0.340 e. The number of aryl methyl sites for hydroxylation is 1. The van der Waals surface area contributed by atoms with Gasteiger partial charge in [-0.1, -0.05) is 6.07 Å². The first-order chi connectivity index (χ1) is 8.06. The van der Waals surface area contributed by atoms with Gasteiger partial charge in [-0.15, -0.1) is 0 Å². The van der Waals surface area contributed by atoms with E-state index in [1.165, 1.54) is 18.2 Å². The van der Waals surface area contributed by atoms with Gasteiger partial charge in [0.2, 0.25) is 5.95 Å². The standard InChI is InChI=1S/C12H9BrF2N2/c1-7-5-8(13)9(14)6-10(7)16-12-4-2-3-11(15)17-12/h2-6H,1H3,(H,16,17). The molecular formula is C12H9BrF2N2. The SMILES string of the molecule is Cc1cc(Br)c(F)cc1Nc1cccc(F)n1. The molecule has 0 aliphatic heterocycles. The molecule has 0 bridgehead atoms. The Morgan fingerprint density at radius 1 is 1.24 bits per heavy atom. The number of benzene rings is 1. The van der Waals surface area contributed by atoms with E-state index in [0.717, 1.165) is 5.56 Å². The predicted octanol–water partition coefficient (Wildman–Crippen LogP) is 4.17. The van der Waals surface area contributed by atoms with Crippen LogP contribution >= 0.6 is 15.9 Å². The highest BCUT2D eigenvalue weighted by molar-refractivity contribution is 9.10. The lowest BCUT2D eigenvalue weighted by molar-refractivity contribution is 0.585. The highest BCUT2D eigenvalue weighted by Gasteiger charge is 2.06. The van der Waals surface area contributed by atoms with Crippen LogP contribution in [-0.2, 0) is 0 Å². The van der Waals surface area contributed by atoms with Crippen LogP contribution in [0.15, 0.2) is 34.8 Å². The Hall–Kier alpha value is -1.49. The number of anilines is 2. The lowest BCUT2D eigenvalue weighted by Crippen LogP contribution is -1.98. The first-order valence-corrected chi connectivity index (χ1v) is 5.71. The van der Waals surface area contributed by atoms with Crippen LogP contribution in [0.5, 0.6) is 0 Å². The number of hydrogen-bond donors (Lipinski definition) is 1. The van der Waals surface area contributed by atoms with Crippen molar-refractivity contribution in [3.8, 4) is 0 Å². The lowest BCUT2D eigenvalue weighted by atomic mass is 10.2. The molecule has 2 aromatic rings. The highest BCUT2D eigenvalue weighted by atomic mass is 79.9. The second kappa shape index (κ2) is 4.79. The Morgan fingerprint density at radius 2 is 2.00 bits per heavy atom. The average molecular weight is 299 g/mol. The third-order valence-corrected chi connectivity index (χ3v) is 2.85. The van der Waals surface area contributed by atoms with E-state index in [-0.39, 0.29) is 5.82 Å². The molecule has 0 radical (unpaired) electrons. The first-order valence-electron chi connectivity index (χ1n) is 4.91. The van der Waals surface area contributed by atoms with Gasteiger partial charge in [0, 0.05) is 5.69 Å². The maximum atomic E-state index is 13.4. The maximum Gasteiger partial charge on any atom is 0.214 e. The van der Waals surface area contributed by atoms with Crippen molar-refractivity contribution in [3.63, 3.8) is 0 Å². The molecule has 0 aliphatic carbocycles. The Bertz CT molecular complexity index is 558. The minimum atomic E-state index is -0.578. The second-order valence-electron chi connectivity index (χ2n) is 3.55. The van der Waals surface area contributed by atoms with E-state index >= 15 is 0 Å². The van der Waals surface area contributed by atoms with Crippen molar-refractivity contribution in [2.45, 2.75) is 6.92 Å². The fourth-order valence-electron chi connectivity index (χ4n) is 1.40. The molecule has 0 aliphatic rings. The normalized spacial score (nSPS) is 10.4. The molecule has 88 valence electrons. The number of rotatable bonds is 2. The van der Waals surface area contributed by atoms with Crippen LogP contribution in [0.1, 0.15) is 5.56 Å². The van der Waals surface area contributed by atoms with Crippen LogP contribution in [0, 0.1) is 18.7 Å². The number of nitrogens with one attached hydrogen (secondary N) is 1. The summed E-state index contributed by atoms with van der Waals surface area (Å²) in [5.74, 6) is -0.616. The fraction of sp³-hybridized carbons (Fsp3) is 0.0833. The largest absolute Gasteiger partial charge is 0.340 e. The van der Waals surface area contributed by atoms with Crippen LogP contribution in [0.2, 0.25) is 0 Å². The van der Waals surface area contributed by atoms with Crippen molar-refractivity contribution in [2.24, 2.45) is 0 Å². The summed E-state index contributed by atoms with van der Waals surface area (Å²) in [6, 6.07) is 7.39. The summed E-state index contributed by atoms with van der Waals surface area (Å²) < 4.78 is 26.6. The number of nitrogens with zero attached hydrogens (tertiary/aromatic N) is 1. The van der Waals surface area contributed by atoms with Gasteiger partial charge in [-0.25, -0.2) is 9.37 Å². The van der Waals surface area contributed by atoms with Crippen molar-refractivity contribution < 1.29 is 8.78 Å². The third-order valence-electron chi connectivity index (χ3n) is 2.25. The molecule has 0 amide bonds. The minimum absolute atomic E-state index is 0.342. The summed E-state index contributed by atoms with van der Waals surface area (Å²) in [7, 11) is 0. The van der Waals surface area contributed by atoms with E-state index in [9.17, 15) is 8.78 Å². The lowest BCUT2D eigenvalue weighted by Gasteiger charge is -2.09. The molecule has 0 saturated heterocycles. The number of aromatic nitrogens is 1. The highest BCUT2D eigenvalue weighted by Crippen LogP contribution is 2.25. The molecule has 0 spiro atoms. The van der Waals surface area contributed by atoms with Gasteiger partial charge in [-0.3, -0.25) is 0 Å². The van der Waals surface area contributed by atoms with Crippen LogP contribution in [0.3, 0.4) is 0 Å². The van der Waals surface area contributed by atoms with Crippen molar-refractivity contribution >= 4 is 27.4 Å². The quantitative estimate of drug-likeness (QED) is 0.842. The summed E-state index contributed by atoms with van der Waals surface area (Å²) in [5.41, 5.74) is 1.40. The zero-order valence-corrected chi connectivity index (χ0v) is 10.6. The van der Waals surface area contributed by atoms with Crippen LogP contribution < -0.4 is 5.32 Å². The molecule has 5 heteroatoms. The molecule has 1 aromatic heterocycles. The summed E-state index contributed by atoms with van der Waals surface area (Å²) in [6.45, 7) is 1.83.